The third-order valence-electron chi connectivity index (χ3n) is 4.89. The summed E-state index contributed by atoms with van der Waals surface area (Å²) in [4.78, 5) is 16.9. The SMILES string of the molecule is O=C(Nc1nc(C[PH]2(C3CCCCO3)OCCCO2)cs1)c1ccccc1. The van der Waals surface area contributed by atoms with Crippen molar-refractivity contribution in [2.24, 2.45) is 0 Å². The molecular formula is C19H25N2O4PS. The van der Waals surface area contributed by atoms with E-state index in [2.05, 4.69) is 10.3 Å². The first-order valence-corrected chi connectivity index (χ1v) is 12.4. The summed E-state index contributed by atoms with van der Waals surface area (Å²) in [6.45, 7) is 2.24. The molecule has 6 nitrogen and oxygen atoms in total. The summed E-state index contributed by atoms with van der Waals surface area (Å²) in [6, 6.07) is 9.16. The molecule has 0 radical (unpaired) electrons. The van der Waals surface area contributed by atoms with Crippen LogP contribution in [-0.2, 0) is 19.9 Å². The van der Waals surface area contributed by atoms with Crippen LogP contribution >= 0.6 is 19.1 Å². The van der Waals surface area contributed by atoms with Crippen LogP contribution in [0.15, 0.2) is 35.7 Å². The monoisotopic (exact) mass is 408 g/mol. The predicted octanol–water partition coefficient (Wildman–Crippen LogP) is 4.44. The number of ether oxygens (including phenoxy) is 1. The Labute approximate surface area is 163 Å². The van der Waals surface area contributed by atoms with Crippen LogP contribution in [0.3, 0.4) is 0 Å². The topological polar surface area (TPSA) is 69.7 Å². The van der Waals surface area contributed by atoms with Gasteiger partial charge in [-0.25, -0.2) is 0 Å². The summed E-state index contributed by atoms with van der Waals surface area (Å²) < 4.78 is 18.5. The molecule has 0 saturated carbocycles. The third-order valence-corrected chi connectivity index (χ3v) is 9.37. The number of hydrogen-bond acceptors (Lipinski definition) is 6. The van der Waals surface area contributed by atoms with Crippen molar-refractivity contribution >= 4 is 30.1 Å². The fraction of sp³-hybridized carbons (Fsp3) is 0.474. The van der Waals surface area contributed by atoms with E-state index in [4.69, 9.17) is 13.8 Å². The van der Waals surface area contributed by atoms with Crippen molar-refractivity contribution in [2.45, 2.75) is 37.7 Å². The van der Waals surface area contributed by atoms with Gasteiger partial charge in [-0.1, -0.05) is 0 Å². The first kappa shape index (κ1) is 19.0. The van der Waals surface area contributed by atoms with Gasteiger partial charge in [0, 0.05) is 0 Å². The van der Waals surface area contributed by atoms with E-state index in [1.165, 1.54) is 11.3 Å². The fourth-order valence-electron chi connectivity index (χ4n) is 3.54. The third kappa shape index (κ3) is 4.55. The van der Waals surface area contributed by atoms with Crippen molar-refractivity contribution in [3.63, 3.8) is 0 Å². The van der Waals surface area contributed by atoms with Gasteiger partial charge in [-0.2, -0.15) is 0 Å². The molecule has 2 aliphatic rings. The van der Waals surface area contributed by atoms with Crippen LogP contribution in [0.4, 0.5) is 5.13 Å². The number of nitrogens with zero attached hydrogens (tertiary/aromatic N) is 1. The van der Waals surface area contributed by atoms with Crippen molar-refractivity contribution in [3.8, 4) is 0 Å². The predicted molar refractivity (Wildman–Crippen MR) is 109 cm³/mol. The first-order valence-electron chi connectivity index (χ1n) is 9.45. The molecule has 0 aliphatic carbocycles. The number of amides is 1. The minimum atomic E-state index is -2.50. The van der Waals surface area contributed by atoms with Crippen molar-refractivity contribution in [1.82, 2.24) is 4.98 Å². The Bertz CT molecular complexity index is 758. The Morgan fingerprint density at radius 2 is 1.96 bits per heavy atom. The summed E-state index contributed by atoms with van der Waals surface area (Å²) in [5.74, 6) is -0.0835. The second kappa shape index (κ2) is 8.76. The molecule has 0 bridgehead atoms. The molecule has 27 heavy (non-hydrogen) atoms. The minimum absolute atomic E-state index is 0.0654. The number of carbonyl (C=O) groups is 1. The fourth-order valence-corrected chi connectivity index (χ4v) is 7.96. The Morgan fingerprint density at radius 1 is 1.15 bits per heavy atom. The van der Waals surface area contributed by atoms with Crippen LogP contribution in [0.25, 0.3) is 0 Å². The zero-order valence-electron chi connectivity index (χ0n) is 15.2. The van der Waals surface area contributed by atoms with Crippen molar-refractivity contribution in [3.05, 3.63) is 47.0 Å². The van der Waals surface area contributed by atoms with Gasteiger partial charge in [0.25, 0.3) is 0 Å². The van der Waals surface area contributed by atoms with E-state index in [1.807, 2.05) is 23.6 Å². The Balaban J connectivity index is 1.45. The van der Waals surface area contributed by atoms with Crippen LogP contribution in [0.1, 0.15) is 41.7 Å². The molecule has 2 aliphatic heterocycles. The summed E-state index contributed by atoms with van der Waals surface area (Å²) in [7, 11) is -2.50. The van der Waals surface area contributed by atoms with Crippen molar-refractivity contribution in [2.75, 3.05) is 25.1 Å². The van der Waals surface area contributed by atoms with E-state index in [-0.39, 0.29) is 11.8 Å². The number of thiazole rings is 1. The molecule has 2 fully saturated rings. The van der Waals surface area contributed by atoms with E-state index in [9.17, 15) is 4.79 Å². The average Bonchev–Trinajstić information content (AvgIpc) is 3.16. The Morgan fingerprint density at radius 3 is 2.70 bits per heavy atom. The van der Waals surface area contributed by atoms with Crippen LogP contribution in [0, 0.1) is 0 Å². The molecule has 1 atom stereocenters. The van der Waals surface area contributed by atoms with Gasteiger partial charge in [-0.05, 0) is 0 Å². The maximum absolute atomic E-state index is 12.3. The molecule has 146 valence electrons. The molecule has 8 heteroatoms. The van der Waals surface area contributed by atoms with E-state index < -0.39 is 7.72 Å². The number of anilines is 1. The quantitative estimate of drug-likeness (QED) is 0.741. The van der Waals surface area contributed by atoms with Gasteiger partial charge >= 0.3 is 163 Å². The van der Waals surface area contributed by atoms with Crippen molar-refractivity contribution < 1.29 is 18.6 Å². The molecule has 1 unspecified atom stereocenters. The molecule has 3 heterocycles. The number of benzene rings is 1. The van der Waals surface area contributed by atoms with Gasteiger partial charge in [-0.15, -0.1) is 0 Å². The number of hydrogen-bond donors (Lipinski definition) is 1. The zero-order chi connectivity index (χ0) is 18.5. The summed E-state index contributed by atoms with van der Waals surface area (Å²) >= 11 is 1.43. The van der Waals surface area contributed by atoms with E-state index in [0.29, 0.717) is 16.9 Å². The average molecular weight is 408 g/mol. The molecule has 1 aromatic carbocycles. The van der Waals surface area contributed by atoms with Crippen LogP contribution in [0.5, 0.6) is 0 Å². The molecule has 0 spiro atoms. The summed E-state index contributed by atoms with van der Waals surface area (Å²) in [5, 5.41) is 5.46. The standard InChI is InChI=1S/C19H25N2O4PS/c22-18(15-7-2-1-3-8-15)21-19-20-16(14-27-19)13-26(24-11-6-12-25-26)17-9-4-5-10-23-17/h1-3,7-8,14,17,26H,4-6,9-13H2,(H,20,21,22). The Kier molecular flexibility index (Phi) is 6.15. The molecule has 2 saturated heterocycles. The number of carbonyl (C=O) groups excluding carboxylic acids is 1. The Hall–Kier alpha value is -1.37. The van der Waals surface area contributed by atoms with Gasteiger partial charge in [0.1, 0.15) is 0 Å². The van der Waals surface area contributed by atoms with E-state index in [1.54, 1.807) is 12.1 Å². The zero-order valence-corrected chi connectivity index (χ0v) is 17.0. The van der Waals surface area contributed by atoms with Crippen LogP contribution < -0.4 is 5.32 Å². The normalized spacial score (nSPS) is 23.5. The first-order chi connectivity index (χ1) is 13.3. The number of nitrogens with one attached hydrogen (secondary N) is 1. The van der Waals surface area contributed by atoms with E-state index in [0.717, 1.165) is 51.2 Å². The summed E-state index contributed by atoms with van der Waals surface area (Å²) in [5.41, 5.74) is 1.53. The summed E-state index contributed by atoms with van der Waals surface area (Å²) in [6.07, 6.45) is 4.84. The van der Waals surface area contributed by atoms with Gasteiger partial charge in [0.2, 0.25) is 0 Å². The van der Waals surface area contributed by atoms with E-state index >= 15 is 0 Å². The van der Waals surface area contributed by atoms with Crippen LogP contribution in [-0.4, -0.2) is 36.6 Å². The second-order valence-electron chi connectivity index (χ2n) is 6.86. The van der Waals surface area contributed by atoms with Gasteiger partial charge < -0.3 is 0 Å². The van der Waals surface area contributed by atoms with Gasteiger partial charge in [0.05, 0.1) is 0 Å². The molecule has 1 N–H and O–H groups in total. The van der Waals surface area contributed by atoms with Gasteiger partial charge in [-0.3, -0.25) is 0 Å². The molecule has 2 aromatic rings. The van der Waals surface area contributed by atoms with Crippen LogP contribution in [0.2, 0.25) is 0 Å². The van der Waals surface area contributed by atoms with Gasteiger partial charge in [0.15, 0.2) is 0 Å². The number of aromatic nitrogens is 1. The second-order valence-corrected chi connectivity index (χ2v) is 10.9. The maximum atomic E-state index is 12.3. The molecule has 1 amide bonds. The molecular weight excluding hydrogens is 383 g/mol. The molecule has 4 rings (SSSR count). The molecule has 1 aromatic heterocycles. The number of rotatable bonds is 5. The van der Waals surface area contributed by atoms with Crippen molar-refractivity contribution in [1.29, 1.82) is 0 Å².